The van der Waals surface area contributed by atoms with Crippen LogP contribution in [0, 0.1) is 5.92 Å². The third-order valence-electron chi connectivity index (χ3n) is 4.91. The van der Waals surface area contributed by atoms with Gasteiger partial charge in [0.05, 0.1) is 30.6 Å². The fourth-order valence-electron chi connectivity index (χ4n) is 3.26. The summed E-state index contributed by atoms with van der Waals surface area (Å²) in [6.07, 6.45) is 1.81. The number of benzene rings is 1. The van der Waals surface area contributed by atoms with Crippen molar-refractivity contribution in [2.45, 2.75) is 24.2 Å². The van der Waals surface area contributed by atoms with Gasteiger partial charge in [0, 0.05) is 32.6 Å². The first-order valence-corrected chi connectivity index (χ1v) is 10.6. The summed E-state index contributed by atoms with van der Waals surface area (Å²) in [7, 11) is -2.59. The van der Waals surface area contributed by atoms with E-state index in [4.69, 9.17) is 14.6 Å². The number of aliphatic carboxylic acids is 1. The largest absolute Gasteiger partial charge is 0.490 e. The highest BCUT2D eigenvalue weighted by molar-refractivity contribution is 7.89. The maximum Gasteiger partial charge on any atom is 0.308 e. The number of carbonyl (C=O) groups excluding carboxylic acids is 1. The van der Waals surface area contributed by atoms with Gasteiger partial charge in [0.15, 0.2) is 11.5 Å². The minimum Gasteiger partial charge on any atom is -0.490 e. The lowest BCUT2D eigenvalue weighted by atomic mass is 9.98. The predicted molar refractivity (Wildman–Crippen MR) is 98.8 cm³/mol. The molecular formula is C18H24N2O7S. The molecule has 2 aliphatic heterocycles. The average molecular weight is 412 g/mol. The molecule has 1 aromatic carbocycles. The van der Waals surface area contributed by atoms with Gasteiger partial charge < -0.3 is 19.5 Å². The third-order valence-corrected chi connectivity index (χ3v) is 6.71. The number of sulfonamides is 1. The molecule has 0 aromatic heterocycles. The number of hydrogen-bond acceptors (Lipinski definition) is 6. The van der Waals surface area contributed by atoms with Crippen molar-refractivity contribution in [1.82, 2.24) is 9.21 Å². The second-order valence-corrected chi connectivity index (χ2v) is 8.98. The number of ether oxygens (including phenoxy) is 2. The molecule has 0 bridgehead atoms. The van der Waals surface area contributed by atoms with Crippen molar-refractivity contribution >= 4 is 21.9 Å². The zero-order valence-electron chi connectivity index (χ0n) is 15.7. The van der Waals surface area contributed by atoms with Crippen LogP contribution >= 0.6 is 0 Å². The van der Waals surface area contributed by atoms with Crippen LogP contribution in [0.15, 0.2) is 23.1 Å². The van der Waals surface area contributed by atoms with E-state index in [1.807, 2.05) is 0 Å². The highest BCUT2D eigenvalue weighted by Crippen LogP contribution is 2.32. The Balaban J connectivity index is 1.71. The molecule has 2 heterocycles. The Morgan fingerprint density at radius 2 is 1.93 bits per heavy atom. The monoisotopic (exact) mass is 412 g/mol. The Bertz CT molecular complexity index is 855. The van der Waals surface area contributed by atoms with Crippen molar-refractivity contribution in [3.05, 3.63) is 18.2 Å². The Hall–Kier alpha value is -2.33. The molecule has 1 saturated heterocycles. The van der Waals surface area contributed by atoms with Crippen LogP contribution in [0.5, 0.6) is 11.5 Å². The maximum absolute atomic E-state index is 12.9. The molecule has 1 N–H and O–H groups in total. The van der Waals surface area contributed by atoms with Crippen molar-refractivity contribution in [2.75, 3.05) is 39.9 Å². The van der Waals surface area contributed by atoms with Crippen LogP contribution in [0.4, 0.5) is 0 Å². The van der Waals surface area contributed by atoms with Crippen molar-refractivity contribution in [2.24, 2.45) is 5.92 Å². The number of hydrogen-bond donors (Lipinski definition) is 1. The molecule has 1 atom stereocenters. The van der Waals surface area contributed by atoms with Gasteiger partial charge >= 0.3 is 5.97 Å². The SMILES string of the molecule is CN(CC(=O)N1CCCC(C(=O)O)C1)S(=O)(=O)c1ccc2c(c1)OCCCO2. The van der Waals surface area contributed by atoms with Gasteiger partial charge in [-0.3, -0.25) is 9.59 Å². The summed E-state index contributed by atoms with van der Waals surface area (Å²) in [5.41, 5.74) is 0. The molecule has 0 aliphatic carbocycles. The summed E-state index contributed by atoms with van der Waals surface area (Å²) in [6, 6.07) is 4.37. The summed E-state index contributed by atoms with van der Waals surface area (Å²) in [5, 5.41) is 9.15. The van der Waals surface area contributed by atoms with Gasteiger partial charge in [-0.15, -0.1) is 0 Å². The molecule has 1 amide bonds. The van der Waals surface area contributed by atoms with E-state index in [2.05, 4.69) is 0 Å². The molecule has 28 heavy (non-hydrogen) atoms. The standard InChI is InChI=1S/C18H24N2O7S/c1-19(12-17(21)20-7-2-4-13(11-20)18(22)23)28(24,25)14-5-6-15-16(10-14)27-9-3-8-26-15/h5-6,10,13H,2-4,7-9,11-12H2,1H3,(H,22,23). The zero-order chi connectivity index (χ0) is 20.3. The van der Waals surface area contributed by atoms with Crippen LogP contribution in [-0.2, 0) is 19.6 Å². The summed E-state index contributed by atoms with van der Waals surface area (Å²) < 4.78 is 37.7. The molecule has 0 radical (unpaired) electrons. The second kappa shape index (κ2) is 8.36. The number of carbonyl (C=O) groups is 2. The number of carboxylic acids is 1. The van der Waals surface area contributed by atoms with Gasteiger partial charge in [-0.1, -0.05) is 0 Å². The number of carboxylic acid groups (broad SMARTS) is 1. The summed E-state index contributed by atoms with van der Waals surface area (Å²) >= 11 is 0. The molecule has 2 aliphatic rings. The van der Waals surface area contributed by atoms with Crippen LogP contribution < -0.4 is 9.47 Å². The molecule has 1 aromatic rings. The van der Waals surface area contributed by atoms with Gasteiger partial charge in [-0.05, 0) is 25.0 Å². The summed E-state index contributed by atoms with van der Waals surface area (Å²) in [6.45, 7) is 1.11. The number of piperidine rings is 1. The first kappa shape index (κ1) is 20.4. The predicted octanol–water partition coefficient (Wildman–Crippen LogP) is 0.792. The molecule has 0 saturated carbocycles. The quantitative estimate of drug-likeness (QED) is 0.761. The third kappa shape index (κ3) is 4.39. The summed E-state index contributed by atoms with van der Waals surface area (Å²) in [4.78, 5) is 25.1. The molecule has 0 spiro atoms. The average Bonchev–Trinajstić information content (AvgIpc) is 2.92. The van der Waals surface area contributed by atoms with Crippen LogP contribution in [0.25, 0.3) is 0 Å². The van der Waals surface area contributed by atoms with Crippen molar-refractivity contribution in [3.8, 4) is 11.5 Å². The molecule has 1 unspecified atom stereocenters. The minimum absolute atomic E-state index is 0.00843. The number of likely N-dealkylation sites (tertiary alicyclic amines) is 1. The van der Waals surface area contributed by atoms with E-state index in [1.54, 1.807) is 6.07 Å². The van der Waals surface area contributed by atoms with E-state index in [0.717, 1.165) is 4.31 Å². The van der Waals surface area contributed by atoms with Gasteiger partial charge in [0.2, 0.25) is 15.9 Å². The van der Waals surface area contributed by atoms with Crippen molar-refractivity contribution in [3.63, 3.8) is 0 Å². The second-order valence-electron chi connectivity index (χ2n) is 6.94. The molecule has 9 nitrogen and oxygen atoms in total. The highest BCUT2D eigenvalue weighted by Gasteiger charge is 2.31. The molecule has 10 heteroatoms. The topological polar surface area (TPSA) is 113 Å². The van der Waals surface area contributed by atoms with Gasteiger partial charge in [-0.2, -0.15) is 4.31 Å². The van der Waals surface area contributed by atoms with Crippen LogP contribution in [-0.4, -0.2) is 74.5 Å². The van der Waals surface area contributed by atoms with E-state index < -0.39 is 27.8 Å². The lowest BCUT2D eigenvalue weighted by molar-refractivity contribution is -0.145. The fourth-order valence-corrected chi connectivity index (χ4v) is 4.40. The number of rotatable bonds is 5. The molecular weight excluding hydrogens is 388 g/mol. The lowest BCUT2D eigenvalue weighted by Crippen LogP contribution is -2.46. The van der Waals surface area contributed by atoms with Crippen LogP contribution in [0.1, 0.15) is 19.3 Å². The van der Waals surface area contributed by atoms with E-state index in [1.165, 1.54) is 24.1 Å². The summed E-state index contributed by atoms with van der Waals surface area (Å²) in [5.74, 6) is -1.11. The lowest BCUT2D eigenvalue weighted by Gasteiger charge is -2.31. The molecule has 154 valence electrons. The fraction of sp³-hybridized carbons (Fsp3) is 0.556. The van der Waals surface area contributed by atoms with Crippen molar-refractivity contribution < 1.29 is 32.6 Å². The Kier molecular flexibility index (Phi) is 6.09. The zero-order valence-corrected chi connectivity index (χ0v) is 16.5. The van der Waals surface area contributed by atoms with E-state index in [9.17, 15) is 18.0 Å². The first-order valence-electron chi connectivity index (χ1n) is 9.15. The number of amides is 1. The van der Waals surface area contributed by atoms with Gasteiger partial charge in [-0.25, -0.2) is 8.42 Å². The minimum atomic E-state index is -3.91. The molecule has 1 fully saturated rings. The number of nitrogens with zero attached hydrogens (tertiary/aromatic N) is 2. The Morgan fingerprint density at radius 1 is 1.21 bits per heavy atom. The Labute approximate surface area is 163 Å². The maximum atomic E-state index is 12.9. The number of likely N-dealkylation sites (N-methyl/N-ethyl adjacent to an activating group) is 1. The van der Waals surface area contributed by atoms with E-state index >= 15 is 0 Å². The number of fused-ring (bicyclic) bond motifs is 1. The van der Waals surface area contributed by atoms with E-state index in [0.29, 0.717) is 50.5 Å². The van der Waals surface area contributed by atoms with Crippen LogP contribution in [0.2, 0.25) is 0 Å². The van der Waals surface area contributed by atoms with Crippen molar-refractivity contribution in [1.29, 1.82) is 0 Å². The highest BCUT2D eigenvalue weighted by atomic mass is 32.2. The molecule has 3 rings (SSSR count). The van der Waals surface area contributed by atoms with Gasteiger partial charge in [0.25, 0.3) is 0 Å². The van der Waals surface area contributed by atoms with E-state index in [-0.39, 0.29) is 18.0 Å². The Morgan fingerprint density at radius 3 is 2.64 bits per heavy atom. The van der Waals surface area contributed by atoms with Gasteiger partial charge in [0.1, 0.15) is 0 Å². The smallest absolute Gasteiger partial charge is 0.308 e. The van der Waals surface area contributed by atoms with Crippen LogP contribution in [0.3, 0.4) is 0 Å². The first-order chi connectivity index (χ1) is 13.3. The normalized spacial score (nSPS) is 19.9.